The lowest BCUT2D eigenvalue weighted by Gasteiger charge is -2.36. The minimum absolute atomic E-state index is 0.270. The molecule has 0 saturated heterocycles. The highest BCUT2D eigenvalue weighted by molar-refractivity contribution is 5.41. The molecule has 2 N–H and O–H groups in total. The van der Waals surface area contributed by atoms with E-state index in [1.807, 2.05) is 25.5 Å². The molecule has 1 atom stereocenters. The van der Waals surface area contributed by atoms with Gasteiger partial charge in [-0.1, -0.05) is 6.07 Å². The van der Waals surface area contributed by atoms with Gasteiger partial charge in [0.15, 0.2) is 0 Å². The van der Waals surface area contributed by atoms with E-state index in [0.29, 0.717) is 0 Å². The number of ether oxygens (including phenoxy) is 1. The molecule has 0 radical (unpaired) electrons. The Morgan fingerprint density at radius 3 is 3.00 bits per heavy atom. The summed E-state index contributed by atoms with van der Waals surface area (Å²) in [6, 6.07) is 6.31. The van der Waals surface area contributed by atoms with E-state index in [1.165, 1.54) is 11.1 Å². The predicted molar refractivity (Wildman–Crippen MR) is 83.3 cm³/mol. The number of aryl methyl sites for hydroxylation is 3. The topological polar surface area (TPSA) is 53.1 Å². The van der Waals surface area contributed by atoms with E-state index in [0.717, 1.165) is 43.7 Å². The molecule has 4 nitrogen and oxygen atoms in total. The van der Waals surface area contributed by atoms with Gasteiger partial charge in [0.2, 0.25) is 0 Å². The number of hydrogen-bond donors (Lipinski definition) is 1. The van der Waals surface area contributed by atoms with E-state index >= 15 is 0 Å². The maximum absolute atomic E-state index is 6.77. The smallest absolute Gasteiger partial charge is 0.119 e. The Labute approximate surface area is 125 Å². The van der Waals surface area contributed by atoms with Crippen LogP contribution in [0, 0.1) is 0 Å². The van der Waals surface area contributed by atoms with Crippen molar-refractivity contribution in [1.29, 1.82) is 0 Å². The summed E-state index contributed by atoms with van der Waals surface area (Å²) in [5.74, 6) is 1.98. The van der Waals surface area contributed by atoms with Crippen molar-refractivity contribution in [3.63, 3.8) is 0 Å². The standard InChI is InChI=1S/C17H23N3O/c1-20-11-10-19-16(20)7-9-17(18)8-3-4-13-5-6-14(21-2)12-15(13)17/h5-6,10-12H,3-4,7-9,18H2,1-2H3. The number of methoxy groups -OCH3 is 1. The van der Waals surface area contributed by atoms with Crippen molar-refractivity contribution >= 4 is 0 Å². The van der Waals surface area contributed by atoms with Gasteiger partial charge in [-0.2, -0.15) is 0 Å². The highest BCUT2D eigenvalue weighted by atomic mass is 16.5. The first-order chi connectivity index (χ1) is 10.1. The number of imidazole rings is 1. The molecule has 1 heterocycles. The minimum Gasteiger partial charge on any atom is -0.497 e. The van der Waals surface area contributed by atoms with Crippen LogP contribution >= 0.6 is 0 Å². The summed E-state index contributed by atoms with van der Waals surface area (Å²) in [4.78, 5) is 4.40. The van der Waals surface area contributed by atoms with E-state index in [4.69, 9.17) is 10.5 Å². The number of hydrogen-bond acceptors (Lipinski definition) is 3. The zero-order valence-electron chi connectivity index (χ0n) is 12.8. The van der Waals surface area contributed by atoms with Crippen molar-refractivity contribution in [2.75, 3.05) is 7.11 Å². The van der Waals surface area contributed by atoms with Crippen LogP contribution < -0.4 is 10.5 Å². The monoisotopic (exact) mass is 285 g/mol. The van der Waals surface area contributed by atoms with Gasteiger partial charge in [0.05, 0.1) is 7.11 Å². The fraction of sp³-hybridized carbons (Fsp3) is 0.471. The molecule has 1 aliphatic rings. The summed E-state index contributed by atoms with van der Waals surface area (Å²) >= 11 is 0. The van der Waals surface area contributed by atoms with Crippen molar-refractivity contribution in [3.05, 3.63) is 47.5 Å². The fourth-order valence-electron chi connectivity index (χ4n) is 3.32. The number of nitrogens with two attached hydrogens (primary N) is 1. The van der Waals surface area contributed by atoms with Crippen LogP contribution in [0.5, 0.6) is 5.75 Å². The van der Waals surface area contributed by atoms with Gasteiger partial charge in [-0.15, -0.1) is 0 Å². The van der Waals surface area contributed by atoms with Gasteiger partial charge in [0.1, 0.15) is 11.6 Å². The Morgan fingerprint density at radius 1 is 1.43 bits per heavy atom. The van der Waals surface area contributed by atoms with Crippen LogP contribution in [0.4, 0.5) is 0 Å². The van der Waals surface area contributed by atoms with Gasteiger partial charge in [0.25, 0.3) is 0 Å². The van der Waals surface area contributed by atoms with Crippen LogP contribution in [-0.2, 0) is 25.4 Å². The normalized spacial score (nSPS) is 21.1. The number of fused-ring (bicyclic) bond motifs is 1. The molecule has 1 aliphatic carbocycles. The maximum Gasteiger partial charge on any atom is 0.119 e. The minimum atomic E-state index is -0.270. The molecule has 2 aromatic rings. The Hall–Kier alpha value is -1.81. The first-order valence-electron chi connectivity index (χ1n) is 7.55. The van der Waals surface area contributed by atoms with Crippen molar-refractivity contribution in [1.82, 2.24) is 9.55 Å². The molecule has 4 heteroatoms. The molecule has 1 aromatic carbocycles. The van der Waals surface area contributed by atoms with Gasteiger partial charge >= 0.3 is 0 Å². The Balaban J connectivity index is 1.86. The molecule has 1 unspecified atom stereocenters. The summed E-state index contributed by atoms with van der Waals surface area (Å²) in [6.45, 7) is 0. The van der Waals surface area contributed by atoms with Gasteiger partial charge in [0, 0.05) is 31.4 Å². The van der Waals surface area contributed by atoms with E-state index in [-0.39, 0.29) is 5.54 Å². The molecule has 3 rings (SSSR count). The molecular formula is C17H23N3O. The second-order valence-electron chi connectivity index (χ2n) is 5.99. The zero-order valence-corrected chi connectivity index (χ0v) is 12.8. The molecule has 0 fully saturated rings. The first-order valence-corrected chi connectivity index (χ1v) is 7.55. The molecule has 0 aliphatic heterocycles. The summed E-state index contributed by atoms with van der Waals surface area (Å²) in [7, 11) is 3.74. The molecule has 0 amide bonds. The van der Waals surface area contributed by atoms with Gasteiger partial charge in [-0.3, -0.25) is 0 Å². The van der Waals surface area contributed by atoms with Crippen molar-refractivity contribution in [3.8, 4) is 5.75 Å². The molecule has 112 valence electrons. The molecule has 0 spiro atoms. The SMILES string of the molecule is COc1ccc2c(c1)C(N)(CCc1nccn1C)CCC2. The summed E-state index contributed by atoms with van der Waals surface area (Å²) < 4.78 is 7.44. The Kier molecular flexibility index (Phi) is 3.72. The Bertz CT molecular complexity index is 635. The van der Waals surface area contributed by atoms with Gasteiger partial charge in [-0.25, -0.2) is 4.98 Å². The van der Waals surface area contributed by atoms with Crippen LogP contribution in [-0.4, -0.2) is 16.7 Å². The second kappa shape index (κ2) is 5.53. The Morgan fingerprint density at radius 2 is 2.29 bits per heavy atom. The number of nitrogens with zero attached hydrogens (tertiary/aromatic N) is 2. The highest BCUT2D eigenvalue weighted by Gasteiger charge is 2.33. The summed E-state index contributed by atoms with van der Waals surface area (Å²) in [6.07, 6.45) is 8.93. The lowest BCUT2D eigenvalue weighted by Crippen LogP contribution is -2.40. The predicted octanol–water partition coefficient (Wildman–Crippen LogP) is 2.55. The van der Waals surface area contributed by atoms with Crippen LogP contribution in [0.1, 0.15) is 36.2 Å². The third-order valence-electron chi connectivity index (χ3n) is 4.64. The third kappa shape index (κ3) is 2.68. The largest absolute Gasteiger partial charge is 0.497 e. The zero-order chi connectivity index (χ0) is 14.9. The molecule has 0 bridgehead atoms. The molecule has 0 saturated carbocycles. The van der Waals surface area contributed by atoms with Crippen LogP contribution in [0.25, 0.3) is 0 Å². The third-order valence-corrected chi connectivity index (χ3v) is 4.64. The first kappa shape index (κ1) is 14.1. The summed E-state index contributed by atoms with van der Waals surface area (Å²) in [5.41, 5.74) is 9.12. The number of benzene rings is 1. The fourth-order valence-corrected chi connectivity index (χ4v) is 3.32. The average molecular weight is 285 g/mol. The van der Waals surface area contributed by atoms with E-state index in [1.54, 1.807) is 7.11 Å². The molecular weight excluding hydrogens is 262 g/mol. The van der Waals surface area contributed by atoms with Crippen LogP contribution in [0.3, 0.4) is 0 Å². The van der Waals surface area contributed by atoms with Gasteiger partial charge < -0.3 is 15.0 Å². The average Bonchev–Trinajstić information content (AvgIpc) is 2.91. The van der Waals surface area contributed by atoms with Crippen molar-refractivity contribution in [2.45, 2.75) is 37.6 Å². The number of aromatic nitrogens is 2. The van der Waals surface area contributed by atoms with Crippen molar-refractivity contribution in [2.24, 2.45) is 12.8 Å². The lowest BCUT2D eigenvalue weighted by molar-refractivity contribution is 0.339. The van der Waals surface area contributed by atoms with Crippen LogP contribution in [0.15, 0.2) is 30.6 Å². The lowest BCUT2D eigenvalue weighted by atomic mass is 9.74. The van der Waals surface area contributed by atoms with E-state index < -0.39 is 0 Å². The number of rotatable bonds is 4. The second-order valence-corrected chi connectivity index (χ2v) is 5.99. The van der Waals surface area contributed by atoms with Crippen molar-refractivity contribution < 1.29 is 4.74 Å². The maximum atomic E-state index is 6.77. The van der Waals surface area contributed by atoms with E-state index in [9.17, 15) is 0 Å². The van der Waals surface area contributed by atoms with Crippen LogP contribution in [0.2, 0.25) is 0 Å². The molecule has 21 heavy (non-hydrogen) atoms. The highest BCUT2D eigenvalue weighted by Crippen LogP contribution is 2.38. The van der Waals surface area contributed by atoms with Gasteiger partial charge in [-0.05, 0) is 48.9 Å². The quantitative estimate of drug-likeness (QED) is 0.939. The molecule has 1 aromatic heterocycles. The summed E-state index contributed by atoms with van der Waals surface area (Å²) in [5, 5.41) is 0. The van der Waals surface area contributed by atoms with E-state index in [2.05, 4.69) is 21.7 Å².